The van der Waals surface area contributed by atoms with E-state index in [2.05, 4.69) is 39.4 Å². The highest BCUT2D eigenvalue weighted by Gasteiger charge is 2.23. The highest BCUT2D eigenvalue weighted by Crippen LogP contribution is 2.33. The molecule has 0 atom stereocenters. The van der Waals surface area contributed by atoms with Gasteiger partial charge < -0.3 is 25.7 Å². The molecule has 3 aromatic rings. The Hall–Kier alpha value is -2.74. The van der Waals surface area contributed by atoms with Crippen LogP contribution in [0.4, 0.5) is 11.5 Å². The largest absolute Gasteiger partial charge is 0.506 e. The highest BCUT2D eigenvalue weighted by molar-refractivity contribution is 7.16. The number of amidine groups is 1. The molecule has 0 saturated carbocycles. The van der Waals surface area contributed by atoms with Crippen molar-refractivity contribution in [3.63, 3.8) is 0 Å². The molecule has 0 fully saturated rings. The molecule has 0 radical (unpaired) electrons. The molecule has 26 heavy (non-hydrogen) atoms. The Kier molecular flexibility index (Phi) is 4.20. The molecule has 0 bridgehead atoms. The first kappa shape index (κ1) is 16.7. The molecule has 1 aliphatic heterocycles. The Morgan fingerprint density at radius 1 is 1.31 bits per heavy atom. The lowest BCUT2D eigenvalue weighted by Gasteiger charge is -2.18. The number of nitrogens with zero attached hydrogens (tertiary/aromatic N) is 1. The number of hydrogen-bond acceptors (Lipinski definition) is 6. The van der Waals surface area contributed by atoms with Gasteiger partial charge in [0, 0.05) is 11.8 Å². The van der Waals surface area contributed by atoms with Crippen molar-refractivity contribution >= 4 is 38.9 Å². The van der Waals surface area contributed by atoms with Crippen LogP contribution in [0, 0.1) is 0 Å². The van der Waals surface area contributed by atoms with Crippen LogP contribution in [0.15, 0.2) is 21.9 Å². The second-order valence-corrected chi connectivity index (χ2v) is 7.30. The number of phenols is 1. The number of thiazole rings is 1. The first-order valence-electron chi connectivity index (χ1n) is 8.76. The van der Waals surface area contributed by atoms with Crippen LogP contribution in [-0.2, 0) is 12.8 Å². The summed E-state index contributed by atoms with van der Waals surface area (Å²) < 4.78 is 0.793. The second kappa shape index (κ2) is 6.53. The van der Waals surface area contributed by atoms with Gasteiger partial charge in [-0.25, -0.2) is 4.99 Å². The standard InChI is InChI=1S/C18H21N5O2S/c1-3-5-10-9(4-2)15-16(21-10)19-8-20-17(15)22-11-7-14-12(6-13(11)24)23-18(25)26-14/h6-7,19,21,24H,3-5,8H2,1-2H3,(H,20,22)(H,23,25). The maximum absolute atomic E-state index is 11.5. The van der Waals surface area contributed by atoms with Crippen molar-refractivity contribution in [2.24, 2.45) is 4.99 Å². The molecule has 0 saturated heterocycles. The van der Waals surface area contributed by atoms with Crippen molar-refractivity contribution in [3.8, 4) is 5.75 Å². The fourth-order valence-electron chi connectivity index (χ4n) is 3.43. The van der Waals surface area contributed by atoms with Crippen LogP contribution >= 0.6 is 11.3 Å². The zero-order chi connectivity index (χ0) is 18.3. The Balaban J connectivity index is 1.75. The summed E-state index contributed by atoms with van der Waals surface area (Å²) >= 11 is 1.12. The third kappa shape index (κ3) is 2.76. The summed E-state index contributed by atoms with van der Waals surface area (Å²) in [5, 5.41) is 16.9. The smallest absolute Gasteiger partial charge is 0.305 e. The van der Waals surface area contributed by atoms with Gasteiger partial charge in [-0.05, 0) is 24.5 Å². The molecule has 7 nitrogen and oxygen atoms in total. The van der Waals surface area contributed by atoms with Crippen LogP contribution in [-0.4, -0.2) is 27.6 Å². The minimum absolute atomic E-state index is 0.0803. The average molecular weight is 371 g/mol. The van der Waals surface area contributed by atoms with Crippen molar-refractivity contribution in [1.29, 1.82) is 0 Å². The number of rotatable bonds is 4. The van der Waals surface area contributed by atoms with Crippen molar-refractivity contribution in [2.75, 3.05) is 17.3 Å². The number of benzene rings is 1. The fraction of sp³-hybridized carbons (Fsp3) is 0.333. The van der Waals surface area contributed by atoms with E-state index in [1.165, 1.54) is 11.3 Å². The lowest BCUT2D eigenvalue weighted by atomic mass is 10.0. The monoisotopic (exact) mass is 371 g/mol. The minimum Gasteiger partial charge on any atom is -0.506 e. The van der Waals surface area contributed by atoms with E-state index in [9.17, 15) is 9.90 Å². The molecule has 1 aromatic carbocycles. The van der Waals surface area contributed by atoms with Crippen LogP contribution in [0.25, 0.3) is 10.2 Å². The zero-order valence-corrected chi connectivity index (χ0v) is 15.5. The molecular formula is C18H21N5O2S. The number of anilines is 2. The number of nitrogens with one attached hydrogen (secondary N) is 4. The van der Waals surface area contributed by atoms with Crippen LogP contribution in [0.2, 0.25) is 0 Å². The molecule has 2 aromatic heterocycles. The van der Waals surface area contributed by atoms with Gasteiger partial charge in [0.15, 0.2) is 0 Å². The molecule has 1 aliphatic rings. The van der Waals surface area contributed by atoms with E-state index >= 15 is 0 Å². The first-order valence-corrected chi connectivity index (χ1v) is 9.57. The van der Waals surface area contributed by atoms with Gasteiger partial charge in [-0.3, -0.25) is 4.79 Å². The van der Waals surface area contributed by atoms with E-state index in [4.69, 9.17) is 0 Å². The quantitative estimate of drug-likeness (QED) is 0.453. The summed E-state index contributed by atoms with van der Waals surface area (Å²) in [6, 6.07) is 3.35. The van der Waals surface area contributed by atoms with Gasteiger partial charge >= 0.3 is 4.87 Å². The van der Waals surface area contributed by atoms with Crippen LogP contribution in [0.3, 0.4) is 0 Å². The number of aryl methyl sites for hydroxylation is 1. The molecule has 0 aliphatic carbocycles. The van der Waals surface area contributed by atoms with Gasteiger partial charge in [-0.2, -0.15) is 0 Å². The van der Waals surface area contributed by atoms with E-state index in [1.807, 2.05) is 0 Å². The summed E-state index contributed by atoms with van der Waals surface area (Å²) in [4.78, 5) is 22.2. The lowest BCUT2D eigenvalue weighted by molar-refractivity contribution is 0.478. The maximum Gasteiger partial charge on any atom is 0.305 e. The molecule has 4 rings (SSSR count). The minimum atomic E-state index is -0.138. The molecule has 3 heterocycles. The molecular weight excluding hydrogens is 350 g/mol. The number of aromatic amines is 2. The Labute approximate surface area is 154 Å². The van der Waals surface area contributed by atoms with Gasteiger partial charge in [-0.1, -0.05) is 31.6 Å². The number of H-pyrrole nitrogens is 2. The van der Waals surface area contributed by atoms with E-state index in [0.29, 0.717) is 17.9 Å². The maximum atomic E-state index is 11.5. The zero-order valence-electron chi connectivity index (χ0n) is 14.7. The summed E-state index contributed by atoms with van der Waals surface area (Å²) in [6.07, 6.45) is 2.95. The first-order chi connectivity index (χ1) is 12.6. The van der Waals surface area contributed by atoms with Crippen molar-refractivity contribution < 1.29 is 5.11 Å². The summed E-state index contributed by atoms with van der Waals surface area (Å²) in [6.45, 7) is 4.76. The average Bonchev–Trinajstić information content (AvgIpc) is 3.14. The van der Waals surface area contributed by atoms with E-state index in [1.54, 1.807) is 12.1 Å². The Morgan fingerprint density at radius 2 is 2.15 bits per heavy atom. The van der Waals surface area contributed by atoms with Gasteiger partial charge in [0.1, 0.15) is 24.1 Å². The third-order valence-corrected chi connectivity index (χ3v) is 5.41. The molecule has 5 N–H and O–H groups in total. The normalized spacial score (nSPS) is 13.4. The molecule has 136 valence electrons. The number of hydrogen-bond donors (Lipinski definition) is 5. The third-order valence-electron chi connectivity index (χ3n) is 4.57. The molecule has 0 unspecified atom stereocenters. The summed E-state index contributed by atoms with van der Waals surface area (Å²) in [5.74, 6) is 1.78. The lowest BCUT2D eigenvalue weighted by Crippen LogP contribution is -2.22. The number of aliphatic imine (C=N–C) groups is 1. The SMILES string of the molecule is CCCc1[nH]c2c(c1CC)C(Nc1cc3sc(=O)[nH]c3cc1O)=NCN2. The topological polar surface area (TPSA) is 105 Å². The Bertz CT molecular complexity index is 1060. The molecule has 0 spiro atoms. The predicted molar refractivity (Wildman–Crippen MR) is 107 cm³/mol. The molecule has 0 amide bonds. The van der Waals surface area contributed by atoms with Crippen molar-refractivity contribution in [2.45, 2.75) is 33.1 Å². The fourth-order valence-corrected chi connectivity index (χ4v) is 4.19. The van der Waals surface area contributed by atoms with E-state index in [0.717, 1.165) is 52.5 Å². The van der Waals surface area contributed by atoms with Gasteiger partial charge in [0.25, 0.3) is 0 Å². The van der Waals surface area contributed by atoms with Crippen molar-refractivity contribution in [1.82, 2.24) is 9.97 Å². The van der Waals surface area contributed by atoms with Gasteiger partial charge in [0.2, 0.25) is 0 Å². The number of phenolic OH excluding ortho intramolecular Hbond substituents is 1. The number of aromatic hydroxyl groups is 1. The van der Waals surface area contributed by atoms with E-state index < -0.39 is 0 Å². The highest BCUT2D eigenvalue weighted by atomic mass is 32.1. The number of aromatic nitrogens is 2. The second-order valence-electron chi connectivity index (χ2n) is 6.28. The van der Waals surface area contributed by atoms with Crippen LogP contribution in [0.5, 0.6) is 5.75 Å². The van der Waals surface area contributed by atoms with Crippen molar-refractivity contribution in [3.05, 3.63) is 38.6 Å². The van der Waals surface area contributed by atoms with E-state index in [-0.39, 0.29) is 10.6 Å². The predicted octanol–water partition coefficient (Wildman–Crippen LogP) is 3.38. The Morgan fingerprint density at radius 3 is 2.92 bits per heavy atom. The molecule has 8 heteroatoms. The summed E-state index contributed by atoms with van der Waals surface area (Å²) in [5.41, 5.74) is 4.68. The van der Waals surface area contributed by atoms with Crippen LogP contribution < -0.4 is 15.5 Å². The van der Waals surface area contributed by atoms with Gasteiger partial charge in [-0.15, -0.1) is 0 Å². The van der Waals surface area contributed by atoms with Gasteiger partial charge in [0.05, 0.1) is 21.5 Å². The number of fused-ring (bicyclic) bond motifs is 2. The van der Waals surface area contributed by atoms with Crippen LogP contribution in [0.1, 0.15) is 37.1 Å². The summed E-state index contributed by atoms with van der Waals surface area (Å²) in [7, 11) is 0.